The average molecular weight is 604 g/mol. The van der Waals surface area contributed by atoms with Crippen LogP contribution in [0.3, 0.4) is 0 Å². The molecular formula is C33H34FN3O5S. The minimum absolute atomic E-state index is 0.0115. The van der Waals surface area contributed by atoms with E-state index in [1.165, 1.54) is 41.3 Å². The van der Waals surface area contributed by atoms with Crippen LogP contribution in [0.4, 0.5) is 10.1 Å². The largest absolute Gasteiger partial charge is 0.457 e. The standard InChI is InChI=1S/C33H34FN3O5S/c1-4-35-33(39)25(3)36(22-26-12-14-27(34)15-13-26)32(38)23-37(43(40,41)31-20-10-24(2)11-21-31)28-16-18-30(19-17-28)42-29-8-6-5-7-9-29/h5-21,25H,4,22-23H2,1-3H3,(H,35,39). The average Bonchev–Trinajstić information content (AvgIpc) is 3.00. The van der Waals surface area contributed by atoms with Crippen LogP contribution in [0.2, 0.25) is 0 Å². The molecule has 0 radical (unpaired) electrons. The highest BCUT2D eigenvalue weighted by Gasteiger charge is 2.32. The third kappa shape index (κ3) is 7.98. The number of benzene rings is 4. The van der Waals surface area contributed by atoms with Gasteiger partial charge in [0.05, 0.1) is 10.6 Å². The molecule has 0 heterocycles. The first-order valence-corrected chi connectivity index (χ1v) is 15.3. The van der Waals surface area contributed by atoms with Crippen molar-refractivity contribution in [2.24, 2.45) is 0 Å². The second kappa shape index (κ2) is 14.0. The van der Waals surface area contributed by atoms with Crippen LogP contribution >= 0.6 is 0 Å². The van der Waals surface area contributed by atoms with Gasteiger partial charge in [0.15, 0.2) is 0 Å². The van der Waals surface area contributed by atoms with E-state index in [-0.39, 0.29) is 17.1 Å². The van der Waals surface area contributed by atoms with Gasteiger partial charge in [-0.25, -0.2) is 12.8 Å². The van der Waals surface area contributed by atoms with Gasteiger partial charge in [0, 0.05) is 13.1 Å². The number of likely N-dealkylation sites (N-methyl/N-ethyl adjacent to an activating group) is 1. The Kier molecular flexibility index (Phi) is 10.2. The smallest absolute Gasteiger partial charge is 0.264 e. The topological polar surface area (TPSA) is 96.0 Å². The van der Waals surface area contributed by atoms with Crippen LogP contribution in [0.5, 0.6) is 11.5 Å². The minimum Gasteiger partial charge on any atom is -0.457 e. The Morgan fingerprint density at radius 1 is 0.860 bits per heavy atom. The number of hydrogen-bond donors (Lipinski definition) is 1. The van der Waals surface area contributed by atoms with Gasteiger partial charge in [-0.3, -0.25) is 13.9 Å². The molecule has 4 rings (SSSR count). The lowest BCUT2D eigenvalue weighted by atomic mass is 10.1. The second-order valence-electron chi connectivity index (χ2n) is 9.95. The van der Waals surface area contributed by atoms with Gasteiger partial charge in [0.1, 0.15) is 29.9 Å². The number of amides is 2. The lowest BCUT2D eigenvalue weighted by molar-refractivity contribution is -0.139. The first kappa shape index (κ1) is 31.2. The SMILES string of the molecule is CCNC(=O)C(C)N(Cc1ccc(F)cc1)C(=O)CN(c1ccc(Oc2ccccc2)cc1)S(=O)(=O)c1ccc(C)cc1. The minimum atomic E-state index is -4.21. The maximum absolute atomic E-state index is 14.0. The third-order valence-corrected chi connectivity index (χ3v) is 8.56. The molecule has 43 heavy (non-hydrogen) atoms. The van der Waals surface area contributed by atoms with E-state index in [4.69, 9.17) is 4.74 Å². The fraction of sp³-hybridized carbons (Fsp3) is 0.212. The molecule has 4 aromatic rings. The highest BCUT2D eigenvalue weighted by molar-refractivity contribution is 7.92. The van der Waals surface area contributed by atoms with Crippen LogP contribution in [0.25, 0.3) is 0 Å². The lowest BCUT2D eigenvalue weighted by Gasteiger charge is -2.32. The Morgan fingerprint density at radius 3 is 2.07 bits per heavy atom. The number of rotatable bonds is 12. The number of ether oxygens (including phenoxy) is 1. The molecule has 0 spiro atoms. The van der Waals surface area contributed by atoms with E-state index < -0.39 is 40.2 Å². The molecule has 0 aliphatic heterocycles. The maximum Gasteiger partial charge on any atom is 0.264 e. The molecule has 4 aromatic carbocycles. The van der Waals surface area contributed by atoms with Crippen LogP contribution in [0.15, 0.2) is 108 Å². The number of halogens is 1. The normalized spacial score (nSPS) is 11.8. The third-order valence-electron chi connectivity index (χ3n) is 6.78. The highest BCUT2D eigenvalue weighted by Crippen LogP contribution is 2.28. The van der Waals surface area contributed by atoms with Gasteiger partial charge in [0.2, 0.25) is 11.8 Å². The number of aryl methyl sites for hydroxylation is 1. The van der Waals surface area contributed by atoms with Crippen LogP contribution in [0.1, 0.15) is 25.0 Å². The summed E-state index contributed by atoms with van der Waals surface area (Å²) < 4.78 is 48.4. The summed E-state index contributed by atoms with van der Waals surface area (Å²) >= 11 is 0. The van der Waals surface area contributed by atoms with E-state index in [0.717, 1.165) is 9.87 Å². The molecular weight excluding hydrogens is 569 g/mol. The van der Waals surface area contributed by atoms with E-state index in [0.29, 0.717) is 23.6 Å². The van der Waals surface area contributed by atoms with Gasteiger partial charge in [-0.1, -0.05) is 48.0 Å². The summed E-state index contributed by atoms with van der Waals surface area (Å²) in [5, 5.41) is 2.71. The first-order valence-electron chi connectivity index (χ1n) is 13.8. The van der Waals surface area contributed by atoms with Crippen molar-refractivity contribution in [1.82, 2.24) is 10.2 Å². The predicted octanol–water partition coefficient (Wildman–Crippen LogP) is 5.68. The molecule has 8 nitrogen and oxygen atoms in total. The van der Waals surface area contributed by atoms with Crippen molar-refractivity contribution in [3.05, 3.63) is 120 Å². The fourth-order valence-electron chi connectivity index (χ4n) is 4.36. The van der Waals surface area contributed by atoms with Gasteiger partial charge in [-0.15, -0.1) is 0 Å². The Labute approximate surface area is 251 Å². The predicted molar refractivity (Wildman–Crippen MR) is 164 cm³/mol. The lowest BCUT2D eigenvalue weighted by Crippen LogP contribution is -2.51. The van der Waals surface area contributed by atoms with Gasteiger partial charge in [-0.2, -0.15) is 0 Å². The number of nitrogens with zero attached hydrogens (tertiary/aromatic N) is 2. The summed E-state index contributed by atoms with van der Waals surface area (Å²) in [6.45, 7) is 4.92. The van der Waals surface area contributed by atoms with E-state index >= 15 is 0 Å². The maximum atomic E-state index is 14.0. The summed E-state index contributed by atoms with van der Waals surface area (Å²) in [6.07, 6.45) is 0. The van der Waals surface area contributed by atoms with Gasteiger partial charge in [-0.05, 0) is 87.0 Å². The summed E-state index contributed by atoms with van der Waals surface area (Å²) in [5.41, 5.74) is 1.70. The quantitative estimate of drug-likeness (QED) is 0.225. The number of nitrogens with one attached hydrogen (secondary N) is 1. The van der Waals surface area contributed by atoms with E-state index in [2.05, 4.69) is 5.32 Å². The van der Waals surface area contributed by atoms with Crippen molar-refractivity contribution in [2.45, 2.75) is 38.3 Å². The molecule has 0 aliphatic rings. The van der Waals surface area contributed by atoms with Gasteiger partial charge < -0.3 is 15.0 Å². The molecule has 0 saturated carbocycles. The zero-order valence-electron chi connectivity index (χ0n) is 24.2. The molecule has 0 fully saturated rings. The van der Waals surface area contributed by atoms with E-state index in [1.54, 1.807) is 62.4 Å². The summed E-state index contributed by atoms with van der Waals surface area (Å²) in [5.74, 6) is -0.341. The van der Waals surface area contributed by atoms with Crippen LogP contribution in [-0.4, -0.2) is 44.3 Å². The number of carbonyl (C=O) groups excluding carboxylic acids is 2. The number of anilines is 1. The van der Waals surface area contributed by atoms with Gasteiger partial charge >= 0.3 is 0 Å². The molecule has 0 bridgehead atoms. The Hall–Kier alpha value is -4.70. The summed E-state index contributed by atoms with van der Waals surface area (Å²) in [4.78, 5) is 28.1. The molecule has 0 saturated heterocycles. The number of sulfonamides is 1. The Morgan fingerprint density at radius 2 is 1.47 bits per heavy atom. The van der Waals surface area contributed by atoms with Crippen molar-refractivity contribution >= 4 is 27.5 Å². The molecule has 224 valence electrons. The number of carbonyl (C=O) groups is 2. The summed E-state index contributed by atoms with van der Waals surface area (Å²) in [6, 6.07) is 26.5. The zero-order chi connectivity index (χ0) is 31.0. The van der Waals surface area contributed by atoms with Crippen LogP contribution < -0.4 is 14.4 Å². The number of para-hydroxylation sites is 1. The summed E-state index contributed by atoms with van der Waals surface area (Å²) in [7, 11) is -4.21. The number of hydrogen-bond acceptors (Lipinski definition) is 5. The van der Waals surface area contributed by atoms with Crippen molar-refractivity contribution in [2.75, 3.05) is 17.4 Å². The van der Waals surface area contributed by atoms with Crippen molar-refractivity contribution in [1.29, 1.82) is 0 Å². The highest BCUT2D eigenvalue weighted by atomic mass is 32.2. The van der Waals surface area contributed by atoms with Crippen LogP contribution in [-0.2, 0) is 26.2 Å². The zero-order valence-corrected chi connectivity index (χ0v) is 25.1. The molecule has 0 aromatic heterocycles. The first-order chi connectivity index (χ1) is 20.6. The second-order valence-corrected chi connectivity index (χ2v) is 11.8. The molecule has 1 atom stereocenters. The van der Waals surface area contributed by atoms with Crippen molar-refractivity contribution in [3.8, 4) is 11.5 Å². The van der Waals surface area contributed by atoms with Crippen molar-refractivity contribution < 1.29 is 27.1 Å². The molecule has 2 amide bonds. The Bertz CT molecular complexity index is 1630. The van der Waals surface area contributed by atoms with Gasteiger partial charge in [0.25, 0.3) is 10.0 Å². The molecule has 0 aliphatic carbocycles. The molecule has 1 unspecified atom stereocenters. The van der Waals surface area contributed by atoms with E-state index in [9.17, 15) is 22.4 Å². The van der Waals surface area contributed by atoms with E-state index in [1.807, 2.05) is 25.1 Å². The van der Waals surface area contributed by atoms with Crippen LogP contribution in [0, 0.1) is 12.7 Å². The molecule has 1 N–H and O–H groups in total. The monoisotopic (exact) mass is 603 g/mol. The molecule has 10 heteroatoms. The fourth-order valence-corrected chi connectivity index (χ4v) is 5.78. The van der Waals surface area contributed by atoms with Crippen molar-refractivity contribution in [3.63, 3.8) is 0 Å². The Balaban J connectivity index is 1.70.